The second kappa shape index (κ2) is 6.89. The van der Waals surface area contributed by atoms with Crippen molar-refractivity contribution in [2.75, 3.05) is 0 Å². The van der Waals surface area contributed by atoms with Crippen molar-refractivity contribution in [3.05, 3.63) is 35.4 Å². The maximum Gasteiger partial charge on any atom is 0.306 e. The number of hydrogen-bond acceptors (Lipinski definition) is 2. The van der Waals surface area contributed by atoms with Crippen molar-refractivity contribution in [3.8, 4) is 0 Å². The number of nitrogens with one attached hydrogen (secondary N) is 1. The van der Waals surface area contributed by atoms with Crippen LogP contribution in [0.15, 0.2) is 24.3 Å². The van der Waals surface area contributed by atoms with Crippen molar-refractivity contribution >= 4 is 5.97 Å². The summed E-state index contributed by atoms with van der Waals surface area (Å²) in [6.45, 7) is 5.29. The van der Waals surface area contributed by atoms with Crippen molar-refractivity contribution in [3.63, 3.8) is 0 Å². The van der Waals surface area contributed by atoms with Crippen LogP contribution >= 0.6 is 0 Å². The first-order valence-electron chi connectivity index (χ1n) is 7.61. The van der Waals surface area contributed by atoms with Crippen LogP contribution in [-0.4, -0.2) is 17.1 Å². The normalized spacial score (nSPS) is 22.9. The van der Waals surface area contributed by atoms with Crippen molar-refractivity contribution in [2.24, 2.45) is 5.92 Å². The number of rotatable bonds is 5. The Labute approximate surface area is 121 Å². The second-order valence-corrected chi connectivity index (χ2v) is 6.17. The second-order valence-electron chi connectivity index (χ2n) is 6.17. The lowest BCUT2D eigenvalue weighted by atomic mass is 9.86. The predicted octanol–water partition coefficient (Wildman–Crippen LogP) is 3.54. The molecule has 1 saturated carbocycles. The van der Waals surface area contributed by atoms with Crippen molar-refractivity contribution in [2.45, 2.75) is 58.0 Å². The van der Waals surface area contributed by atoms with E-state index in [4.69, 9.17) is 5.11 Å². The fourth-order valence-electron chi connectivity index (χ4n) is 2.87. The highest BCUT2D eigenvalue weighted by Crippen LogP contribution is 2.24. The van der Waals surface area contributed by atoms with Gasteiger partial charge in [0.05, 0.1) is 5.92 Å². The zero-order valence-corrected chi connectivity index (χ0v) is 12.4. The predicted molar refractivity (Wildman–Crippen MR) is 80.8 cm³/mol. The lowest BCUT2D eigenvalue weighted by Crippen LogP contribution is -2.34. The minimum absolute atomic E-state index is 0.127. The van der Waals surface area contributed by atoms with Gasteiger partial charge in [0.1, 0.15) is 0 Å². The Hall–Kier alpha value is -1.35. The van der Waals surface area contributed by atoms with Gasteiger partial charge in [0.2, 0.25) is 0 Å². The van der Waals surface area contributed by atoms with Crippen LogP contribution < -0.4 is 5.32 Å². The van der Waals surface area contributed by atoms with E-state index in [1.165, 1.54) is 11.1 Å². The molecule has 0 heterocycles. The van der Waals surface area contributed by atoms with Gasteiger partial charge in [0, 0.05) is 12.6 Å². The Bertz CT molecular complexity index is 448. The van der Waals surface area contributed by atoms with E-state index in [9.17, 15) is 4.79 Å². The highest BCUT2D eigenvalue weighted by atomic mass is 16.4. The molecule has 3 heteroatoms. The van der Waals surface area contributed by atoms with E-state index in [2.05, 4.69) is 43.4 Å². The van der Waals surface area contributed by atoms with Crippen molar-refractivity contribution < 1.29 is 9.90 Å². The Balaban J connectivity index is 1.81. The average molecular weight is 275 g/mol. The number of benzene rings is 1. The van der Waals surface area contributed by atoms with Gasteiger partial charge >= 0.3 is 5.97 Å². The molecule has 0 aliphatic heterocycles. The molecule has 2 N–H and O–H groups in total. The summed E-state index contributed by atoms with van der Waals surface area (Å²) in [6.07, 6.45) is 3.56. The minimum Gasteiger partial charge on any atom is -0.481 e. The standard InChI is InChI=1S/C17H25NO2/c1-12(2)15-5-3-4-13(10-15)11-18-16-8-6-14(7-9-16)17(19)20/h3-5,10,12,14,16,18H,6-9,11H2,1-2H3,(H,19,20). The molecule has 0 aromatic heterocycles. The first kappa shape index (κ1) is 15.0. The van der Waals surface area contributed by atoms with Crippen molar-refractivity contribution in [1.82, 2.24) is 5.32 Å². The lowest BCUT2D eigenvalue weighted by molar-refractivity contribution is -0.142. The molecule has 1 aliphatic rings. The maximum absolute atomic E-state index is 10.9. The third-order valence-corrected chi connectivity index (χ3v) is 4.29. The van der Waals surface area contributed by atoms with Crippen LogP contribution in [0.1, 0.15) is 56.6 Å². The lowest BCUT2D eigenvalue weighted by Gasteiger charge is -2.27. The highest BCUT2D eigenvalue weighted by Gasteiger charge is 2.25. The topological polar surface area (TPSA) is 49.3 Å². The monoisotopic (exact) mass is 275 g/mol. The third kappa shape index (κ3) is 4.07. The fraction of sp³-hybridized carbons (Fsp3) is 0.588. The van der Waals surface area contributed by atoms with Crippen LogP contribution in [0.5, 0.6) is 0 Å². The van der Waals surface area contributed by atoms with E-state index in [0.29, 0.717) is 12.0 Å². The van der Waals surface area contributed by atoms with Gasteiger partial charge in [-0.1, -0.05) is 38.1 Å². The Morgan fingerprint density at radius 2 is 2.00 bits per heavy atom. The molecule has 2 rings (SSSR count). The van der Waals surface area contributed by atoms with Gasteiger partial charge in [0.15, 0.2) is 0 Å². The molecule has 0 amide bonds. The van der Waals surface area contributed by atoms with Gasteiger partial charge in [0.25, 0.3) is 0 Å². The molecule has 1 aromatic carbocycles. The molecular formula is C17H25NO2. The number of aliphatic carboxylic acids is 1. The first-order valence-corrected chi connectivity index (χ1v) is 7.61. The SMILES string of the molecule is CC(C)c1cccc(CNC2CCC(C(=O)O)CC2)c1. The first-order chi connectivity index (χ1) is 9.56. The molecule has 0 radical (unpaired) electrons. The van der Waals surface area contributed by atoms with E-state index in [1.54, 1.807) is 0 Å². The van der Waals surface area contributed by atoms with Gasteiger partial charge in [-0.15, -0.1) is 0 Å². The smallest absolute Gasteiger partial charge is 0.306 e. The summed E-state index contributed by atoms with van der Waals surface area (Å²) >= 11 is 0. The molecule has 0 atom stereocenters. The molecule has 110 valence electrons. The summed E-state index contributed by atoms with van der Waals surface area (Å²) in [5.74, 6) is -0.202. The molecule has 0 unspecified atom stereocenters. The van der Waals surface area contributed by atoms with Gasteiger partial charge in [-0.2, -0.15) is 0 Å². The number of carbonyl (C=O) groups is 1. The summed E-state index contributed by atoms with van der Waals surface area (Å²) in [6, 6.07) is 9.18. The molecule has 1 aromatic rings. The minimum atomic E-state index is -0.631. The quantitative estimate of drug-likeness (QED) is 0.864. The van der Waals surface area contributed by atoms with Crippen LogP contribution in [0.2, 0.25) is 0 Å². The number of carboxylic acid groups (broad SMARTS) is 1. The molecule has 3 nitrogen and oxygen atoms in total. The van der Waals surface area contributed by atoms with Crippen LogP contribution in [0.4, 0.5) is 0 Å². The number of carboxylic acids is 1. The summed E-state index contributed by atoms with van der Waals surface area (Å²) in [4.78, 5) is 10.9. The van der Waals surface area contributed by atoms with Crippen LogP contribution in [0, 0.1) is 5.92 Å². The molecule has 1 aliphatic carbocycles. The molecule has 0 saturated heterocycles. The van der Waals surface area contributed by atoms with E-state index in [-0.39, 0.29) is 5.92 Å². The average Bonchev–Trinajstić information content (AvgIpc) is 2.46. The Morgan fingerprint density at radius 1 is 1.30 bits per heavy atom. The van der Waals surface area contributed by atoms with E-state index in [1.807, 2.05) is 0 Å². The molecule has 20 heavy (non-hydrogen) atoms. The molecule has 0 bridgehead atoms. The van der Waals surface area contributed by atoms with Crippen LogP contribution in [-0.2, 0) is 11.3 Å². The largest absolute Gasteiger partial charge is 0.481 e. The maximum atomic E-state index is 10.9. The van der Waals surface area contributed by atoms with Crippen molar-refractivity contribution in [1.29, 1.82) is 0 Å². The fourth-order valence-corrected chi connectivity index (χ4v) is 2.87. The Kier molecular flexibility index (Phi) is 5.18. The van der Waals surface area contributed by atoms with Gasteiger partial charge < -0.3 is 10.4 Å². The van der Waals surface area contributed by atoms with Gasteiger partial charge in [-0.3, -0.25) is 4.79 Å². The zero-order chi connectivity index (χ0) is 14.5. The van der Waals surface area contributed by atoms with Gasteiger partial charge in [-0.05, 0) is 42.7 Å². The number of hydrogen-bond donors (Lipinski definition) is 2. The third-order valence-electron chi connectivity index (χ3n) is 4.29. The van der Waals surface area contributed by atoms with Crippen LogP contribution in [0.3, 0.4) is 0 Å². The van der Waals surface area contributed by atoms with E-state index < -0.39 is 5.97 Å². The summed E-state index contributed by atoms with van der Waals surface area (Å²) in [5.41, 5.74) is 2.69. The highest BCUT2D eigenvalue weighted by molar-refractivity contribution is 5.70. The van der Waals surface area contributed by atoms with E-state index >= 15 is 0 Å². The molecular weight excluding hydrogens is 250 g/mol. The summed E-state index contributed by atoms with van der Waals surface area (Å²) < 4.78 is 0. The zero-order valence-electron chi connectivity index (χ0n) is 12.4. The van der Waals surface area contributed by atoms with Gasteiger partial charge in [-0.25, -0.2) is 0 Å². The summed E-state index contributed by atoms with van der Waals surface area (Å²) in [7, 11) is 0. The molecule has 0 spiro atoms. The molecule has 1 fully saturated rings. The van der Waals surface area contributed by atoms with Crippen LogP contribution in [0.25, 0.3) is 0 Å². The summed E-state index contributed by atoms with van der Waals surface area (Å²) in [5, 5.41) is 12.6. The van der Waals surface area contributed by atoms with E-state index in [0.717, 1.165) is 32.2 Å². The Morgan fingerprint density at radius 3 is 2.60 bits per heavy atom.